The van der Waals surface area contributed by atoms with Crippen LogP contribution >= 0.6 is 15.9 Å². The molecule has 0 saturated carbocycles. The molecule has 0 amide bonds. The molecule has 5 heteroatoms. The molecule has 0 fully saturated rings. The van der Waals surface area contributed by atoms with E-state index in [1.54, 1.807) is 7.11 Å². The van der Waals surface area contributed by atoms with Gasteiger partial charge in [0.05, 0.1) is 18.2 Å². The Morgan fingerprint density at radius 2 is 2.16 bits per heavy atom. The van der Waals surface area contributed by atoms with Crippen LogP contribution in [-0.2, 0) is 6.42 Å². The first-order chi connectivity index (χ1) is 9.22. The van der Waals surface area contributed by atoms with Gasteiger partial charge in [-0.15, -0.1) is 0 Å². The third-order valence-electron chi connectivity index (χ3n) is 3.28. The number of aryl methyl sites for hydroxylation is 1. The van der Waals surface area contributed by atoms with E-state index < -0.39 is 0 Å². The zero-order valence-corrected chi connectivity index (χ0v) is 12.0. The first-order valence-corrected chi connectivity index (χ1v) is 6.86. The number of nitrogens with zero attached hydrogens (tertiary/aromatic N) is 1. The van der Waals surface area contributed by atoms with Gasteiger partial charge in [0.1, 0.15) is 17.2 Å². The van der Waals surface area contributed by atoms with Gasteiger partial charge in [0.15, 0.2) is 5.78 Å². The summed E-state index contributed by atoms with van der Waals surface area (Å²) in [5.74, 6) is 1.45. The monoisotopic (exact) mass is 321 g/mol. The van der Waals surface area contributed by atoms with Gasteiger partial charge in [0.2, 0.25) is 0 Å². The Morgan fingerprint density at radius 1 is 1.32 bits per heavy atom. The Labute approximate surface area is 118 Å². The molecule has 0 aliphatic heterocycles. The zero-order chi connectivity index (χ0) is 13.4. The van der Waals surface area contributed by atoms with E-state index in [1.165, 1.54) is 0 Å². The van der Waals surface area contributed by atoms with Crippen LogP contribution in [0.25, 0.3) is 11.3 Å². The van der Waals surface area contributed by atoms with E-state index in [0.717, 1.165) is 22.9 Å². The van der Waals surface area contributed by atoms with Crippen molar-refractivity contribution >= 4 is 21.7 Å². The SMILES string of the molecule is COc1cccc(Br)c1-c1noc2c1C(=O)CCC2. The van der Waals surface area contributed by atoms with Gasteiger partial charge in [-0.05, 0) is 34.5 Å². The van der Waals surface area contributed by atoms with Gasteiger partial charge in [-0.25, -0.2) is 0 Å². The highest BCUT2D eigenvalue weighted by molar-refractivity contribution is 9.10. The summed E-state index contributed by atoms with van der Waals surface area (Å²) >= 11 is 3.48. The van der Waals surface area contributed by atoms with Crippen molar-refractivity contribution in [3.8, 4) is 17.0 Å². The second-order valence-corrected chi connectivity index (χ2v) is 5.28. The lowest BCUT2D eigenvalue weighted by Crippen LogP contribution is -2.09. The molecule has 1 aliphatic rings. The van der Waals surface area contributed by atoms with E-state index in [9.17, 15) is 4.79 Å². The number of ether oxygens (including phenoxy) is 1. The summed E-state index contributed by atoms with van der Waals surface area (Å²) in [6, 6.07) is 5.61. The molecule has 19 heavy (non-hydrogen) atoms. The Morgan fingerprint density at radius 3 is 2.95 bits per heavy atom. The minimum Gasteiger partial charge on any atom is -0.496 e. The molecule has 0 N–H and O–H groups in total. The number of benzene rings is 1. The first kappa shape index (κ1) is 12.4. The quantitative estimate of drug-likeness (QED) is 0.847. The third-order valence-corrected chi connectivity index (χ3v) is 3.94. The number of fused-ring (bicyclic) bond motifs is 1. The minimum atomic E-state index is 0.0929. The van der Waals surface area contributed by atoms with Crippen LogP contribution in [0.5, 0.6) is 5.75 Å². The molecule has 0 spiro atoms. The molecule has 4 nitrogen and oxygen atoms in total. The van der Waals surface area contributed by atoms with Crippen LogP contribution < -0.4 is 4.74 Å². The minimum absolute atomic E-state index is 0.0929. The largest absolute Gasteiger partial charge is 0.496 e. The molecule has 0 unspecified atom stereocenters. The molecule has 0 radical (unpaired) electrons. The lowest BCUT2D eigenvalue weighted by atomic mass is 9.93. The van der Waals surface area contributed by atoms with Crippen molar-refractivity contribution in [2.45, 2.75) is 19.3 Å². The second-order valence-electron chi connectivity index (χ2n) is 4.42. The summed E-state index contributed by atoms with van der Waals surface area (Å²) in [6.45, 7) is 0. The van der Waals surface area contributed by atoms with E-state index in [2.05, 4.69) is 21.1 Å². The number of ketones is 1. The summed E-state index contributed by atoms with van der Waals surface area (Å²) in [7, 11) is 1.60. The fourth-order valence-corrected chi connectivity index (χ4v) is 2.93. The standard InChI is InChI=1S/C14H12BrNO3/c1-18-10-6-2-4-8(15)12(10)14-13-9(17)5-3-7-11(13)19-16-14/h2,4,6H,3,5,7H2,1H3. The van der Waals surface area contributed by atoms with Crippen LogP contribution in [0.4, 0.5) is 0 Å². The smallest absolute Gasteiger partial charge is 0.168 e. The van der Waals surface area contributed by atoms with Gasteiger partial charge in [0.25, 0.3) is 0 Å². The normalized spacial score (nSPS) is 14.3. The van der Waals surface area contributed by atoms with Gasteiger partial charge in [-0.3, -0.25) is 4.79 Å². The van der Waals surface area contributed by atoms with E-state index in [1.807, 2.05) is 18.2 Å². The Balaban J connectivity index is 2.24. The molecular weight excluding hydrogens is 310 g/mol. The molecule has 0 atom stereocenters. The van der Waals surface area contributed by atoms with Crippen molar-refractivity contribution in [2.24, 2.45) is 0 Å². The fourth-order valence-electron chi connectivity index (χ4n) is 2.39. The third kappa shape index (κ3) is 1.98. The molecule has 2 aromatic rings. The molecule has 1 aromatic carbocycles. The highest BCUT2D eigenvalue weighted by Gasteiger charge is 2.29. The van der Waals surface area contributed by atoms with Crippen molar-refractivity contribution in [1.29, 1.82) is 0 Å². The number of carbonyl (C=O) groups excluding carboxylic acids is 1. The van der Waals surface area contributed by atoms with Crippen molar-refractivity contribution < 1.29 is 14.1 Å². The first-order valence-electron chi connectivity index (χ1n) is 6.07. The van der Waals surface area contributed by atoms with Crippen molar-refractivity contribution in [3.05, 3.63) is 34.0 Å². The number of aromatic nitrogens is 1. The topological polar surface area (TPSA) is 52.3 Å². The van der Waals surface area contributed by atoms with Gasteiger partial charge in [0, 0.05) is 17.3 Å². The molecular formula is C14H12BrNO3. The number of carbonyl (C=O) groups is 1. The number of halogens is 1. The molecule has 98 valence electrons. The molecule has 3 rings (SSSR count). The average molecular weight is 322 g/mol. The summed E-state index contributed by atoms with van der Waals surface area (Å²) in [5.41, 5.74) is 1.95. The Bertz CT molecular complexity index is 648. The number of hydrogen-bond donors (Lipinski definition) is 0. The van der Waals surface area contributed by atoms with Crippen molar-refractivity contribution in [1.82, 2.24) is 5.16 Å². The lowest BCUT2D eigenvalue weighted by Gasteiger charge is -2.11. The number of Topliss-reactive ketones (excluding diaryl/α,β-unsaturated/α-hetero) is 1. The number of hydrogen-bond acceptors (Lipinski definition) is 4. The number of rotatable bonds is 2. The van der Waals surface area contributed by atoms with Crippen LogP contribution in [0.15, 0.2) is 27.2 Å². The molecule has 1 aliphatic carbocycles. The van der Waals surface area contributed by atoms with E-state index >= 15 is 0 Å². The van der Waals surface area contributed by atoms with Crippen molar-refractivity contribution in [2.75, 3.05) is 7.11 Å². The Kier molecular flexibility index (Phi) is 3.14. The molecule has 1 aromatic heterocycles. The lowest BCUT2D eigenvalue weighted by molar-refractivity contribution is 0.0969. The van der Waals surface area contributed by atoms with Crippen LogP contribution in [0, 0.1) is 0 Å². The molecule has 1 heterocycles. The van der Waals surface area contributed by atoms with Gasteiger partial charge >= 0.3 is 0 Å². The molecule has 0 saturated heterocycles. The summed E-state index contributed by atoms with van der Waals surface area (Å²) in [6.07, 6.45) is 2.14. The van der Waals surface area contributed by atoms with Crippen LogP contribution in [0.2, 0.25) is 0 Å². The molecule has 0 bridgehead atoms. The van der Waals surface area contributed by atoms with E-state index in [4.69, 9.17) is 9.26 Å². The van der Waals surface area contributed by atoms with E-state index in [-0.39, 0.29) is 5.78 Å². The fraction of sp³-hybridized carbons (Fsp3) is 0.286. The highest BCUT2D eigenvalue weighted by atomic mass is 79.9. The number of methoxy groups -OCH3 is 1. The van der Waals surface area contributed by atoms with Gasteiger partial charge in [-0.2, -0.15) is 0 Å². The maximum atomic E-state index is 12.1. The maximum absolute atomic E-state index is 12.1. The van der Waals surface area contributed by atoms with Crippen LogP contribution in [0.3, 0.4) is 0 Å². The second kappa shape index (κ2) is 4.81. The maximum Gasteiger partial charge on any atom is 0.168 e. The summed E-state index contributed by atoms with van der Waals surface area (Å²) in [4.78, 5) is 12.1. The van der Waals surface area contributed by atoms with Crippen LogP contribution in [-0.4, -0.2) is 18.0 Å². The Hall–Kier alpha value is -1.62. The zero-order valence-electron chi connectivity index (χ0n) is 10.4. The predicted octanol–water partition coefficient (Wildman–Crippen LogP) is 3.63. The average Bonchev–Trinajstić information content (AvgIpc) is 2.83. The van der Waals surface area contributed by atoms with Crippen molar-refractivity contribution in [3.63, 3.8) is 0 Å². The van der Waals surface area contributed by atoms with Gasteiger partial charge < -0.3 is 9.26 Å². The highest BCUT2D eigenvalue weighted by Crippen LogP contribution is 2.40. The summed E-state index contributed by atoms with van der Waals surface area (Å²) < 4.78 is 11.5. The summed E-state index contributed by atoms with van der Waals surface area (Å²) in [5, 5.41) is 4.08. The predicted molar refractivity (Wildman–Crippen MR) is 73.5 cm³/mol. The van der Waals surface area contributed by atoms with E-state index in [0.29, 0.717) is 29.2 Å². The van der Waals surface area contributed by atoms with Crippen LogP contribution in [0.1, 0.15) is 29.0 Å². The van der Waals surface area contributed by atoms with Gasteiger partial charge in [-0.1, -0.05) is 11.2 Å².